The van der Waals surface area contributed by atoms with Crippen LogP contribution in [0.25, 0.3) is 11.1 Å². The van der Waals surface area contributed by atoms with Gasteiger partial charge in [-0.2, -0.15) is 0 Å². The predicted molar refractivity (Wildman–Crippen MR) is 308 cm³/mol. The van der Waals surface area contributed by atoms with Crippen LogP contribution in [0.1, 0.15) is 83.4 Å². The summed E-state index contributed by atoms with van der Waals surface area (Å²) in [6.07, 6.45) is 2.33. The molecule has 2 aliphatic heterocycles. The zero-order chi connectivity index (χ0) is 60.1. The zero-order valence-electron chi connectivity index (χ0n) is 47.1. The van der Waals surface area contributed by atoms with Crippen LogP contribution in [0, 0.1) is 5.92 Å². The predicted octanol–water partition coefficient (Wildman–Crippen LogP) is 5.83. The lowest BCUT2D eigenvalue weighted by molar-refractivity contribution is -0.128. The van der Waals surface area contributed by atoms with Crippen LogP contribution in [0.4, 0.5) is 32.3 Å². The van der Waals surface area contributed by atoms with Crippen LogP contribution in [-0.2, 0) is 44.6 Å². The number of methoxy groups -OCH3 is 1. The van der Waals surface area contributed by atoms with E-state index >= 15 is 0 Å². The summed E-state index contributed by atoms with van der Waals surface area (Å²) in [6.45, 7) is 12.6. The van der Waals surface area contributed by atoms with Gasteiger partial charge in [0.15, 0.2) is 17.7 Å². The van der Waals surface area contributed by atoms with Crippen LogP contribution in [0.15, 0.2) is 110 Å². The zero-order valence-corrected chi connectivity index (χ0v) is 47.1. The molecule has 1 fully saturated rings. The van der Waals surface area contributed by atoms with Crippen LogP contribution < -0.4 is 46.3 Å². The number of aryl methyl sites for hydroxylation is 2. The summed E-state index contributed by atoms with van der Waals surface area (Å²) in [6, 6.07) is 16.8. The lowest BCUT2D eigenvalue weighted by Gasteiger charge is -2.31. The fourth-order valence-corrected chi connectivity index (χ4v) is 9.30. The Bertz CT molecular complexity index is 3240. The van der Waals surface area contributed by atoms with E-state index < -0.39 is 60.2 Å². The van der Waals surface area contributed by atoms with Gasteiger partial charge in [0.1, 0.15) is 36.7 Å². The molecule has 5 aromatic rings. The number of carbonyl (C=O) groups excluding carboxylic acids is 8. The number of aliphatic hydroxyl groups excluding tert-OH is 2. The molecule has 2 aromatic heterocycles. The van der Waals surface area contributed by atoms with E-state index in [0.29, 0.717) is 46.9 Å². The van der Waals surface area contributed by atoms with Gasteiger partial charge < -0.3 is 75.1 Å². The van der Waals surface area contributed by atoms with E-state index in [-0.39, 0.29) is 98.4 Å². The normalized spacial score (nSPS) is 15.2. The summed E-state index contributed by atoms with van der Waals surface area (Å²) in [4.78, 5) is 108. The van der Waals surface area contributed by atoms with Gasteiger partial charge in [-0.3, -0.25) is 28.8 Å². The number of anilines is 4. The highest BCUT2D eigenvalue weighted by molar-refractivity contribution is 6.07. The van der Waals surface area contributed by atoms with Gasteiger partial charge >= 0.3 is 12.2 Å². The third-order valence-electron chi connectivity index (χ3n) is 13.7. The number of nitrogens with one attached hydrogen (secondary N) is 6. The van der Waals surface area contributed by atoms with Crippen molar-refractivity contribution in [1.29, 1.82) is 0 Å². The number of amides is 8. The first-order chi connectivity index (χ1) is 39.7. The topological polar surface area (TPSA) is 302 Å². The molecule has 0 unspecified atom stereocenters. The van der Waals surface area contributed by atoms with Gasteiger partial charge in [0.2, 0.25) is 17.7 Å². The molecule has 2 aliphatic rings. The van der Waals surface area contributed by atoms with Crippen molar-refractivity contribution in [3.63, 3.8) is 0 Å². The van der Waals surface area contributed by atoms with Gasteiger partial charge in [0.25, 0.3) is 17.7 Å². The number of alkyl carbamates (subject to hydrolysis) is 1. The first kappa shape index (κ1) is 61.2. The van der Waals surface area contributed by atoms with E-state index in [1.165, 1.54) is 37.1 Å². The van der Waals surface area contributed by atoms with Gasteiger partial charge in [-0.15, -0.1) is 0 Å². The highest BCUT2D eigenvalue weighted by atomic mass is 16.6. The van der Waals surface area contributed by atoms with Gasteiger partial charge in [0.05, 0.1) is 36.7 Å². The summed E-state index contributed by atoms with van der Waals surface area (Å²) in [7, 11) is 4.83. The highest BCUT2D eigenvalue weighted by Gasteiger charge is 2.46. The first-order valence-electron chi connectivity index (χ1n) is 26.8. The molecule has 0 spiro atoms. The lowest BCUT2D eigenvalue weighted by Crippen LogP contribution is -2.53. The number of hydrogen-bond donors (Lipinski definition) is 8. The van der Waals surface area contributed by atoms with Crippen molar-refractivity contribution < 1.29 is 67.5 Å². The lowest BCUT2D eigenvalue weighted by atomic mass is 10.0. The summed E-state index contributed by atoms with van der Waals surface area (Å²) < 4.78 is 25.7. The Kier molecular flexibility index (Phi) is 20.5. The molecule has 440 valence electrons. The number of aliphatic hydroxyl groups is 2. The third-order valence-corrected chi connectivity index (χ3v) is 13.7. The molecule has 24 heteroatoms. The summed E-state index contributed by atoms with van der Waals surface area (Å²) in [5.74, 6) is -2.71. The quantitative estimate of drug-likeness (QED) is 0.0267. The van der Waals surface area contributed by atoms with Crippen molar-refractivity contribution in [1.82, 2.24) is 30.0 Å². The maximum atomic E-state index is 14.2. The number of ether oxygens (including phenoxy) is 4. The Morgan fingerprint density at radius 1 is 0.783 bits per heavy atom. The number of hydrogen-bond acceptors (Lipinski definition) is 14. The van der Waals surface area contributed by atoms with E-state index in [9.17, 15) is 43.5 Å². The van der Waals surface area contributed by atoms with Crippen LogP contribution in [-0.4, -0.2) is 136 Å². The van der Waals surface area contributed by atoms with Gasteiger partial charge in [-0.05, 0) is 85.7 Å². The SMILES string of the molecule is C=CCOC(=O)N[C@H](C(=O)N[C@@H](C)C(=O)Nc1ccc(COC(=O)N2c3cc(OCCCC(=O)Nc4cc(C(=O)Nc5ccc(-c6cc(C(=O)NCCCO)n(C)c6)cc5)n(C)c4)c(OC)cc3C(=O)N3CC(=C)C[C@H]3[C@@H]2O)cc1)C(C)C. The molecule has 8 amide bonds. The van der Waals surface area contributed by atoms with E-state index in [4.69, 9.17) is 24.1 Å². The Morgan fingerprint density at radius 2 is 1.47 bits per heavy atom. The van der Waals surface area contributed by atoms with Crippen molar-refractivity contribution in [3.05, 3.63) is 133 Å². The first-order valence-corrected chi connectivity index (χ1v) is 26.8. The largest absolute Gasteiger partial charge is 0.493 e. The number of benzene rings is 3. The summed E-state index contributed by atoms with van der Waals surface area (Å²) in [5, 5.41) is 37.2. The van der Waals surface area contributed by atoms with Crippen LogP contribution in [0.5, 0.6) is 11.5 Å². The second kappa shape index (κ2) is 27.8. The van der Waals surface area contributed by atoms with Gasteiger partial charge in [-0.1, -0.05) is 62.9 Å². The number of aromatic nitrogens is 2. The summed E-state index contributed by atoms with van der Waals surface area (Å²) in [5.41, 5.74) is 4.85. The number of rotatable bonds is 24. The van der Waals surface area contributed by atoms with Gasteiger partial charge in [0, 0.05) is 75.6 Å². The van der Waals surface area contributed by atoms with Gasteiger partial charge in [-0.25, -0.2) is 14.5 Å². The van der Waals surface area contributed by atoms with E-state index in [1.807, 2.05) is 18.3 Å². The number of fused-ring (bicyclic) bond motifs is 2. The second-order valence-corrected chi connectivity index (χ2v) is 20.3. The molecule has 0 bridgehead atoms. The highest BCUT2D eigenvalue weighted by Crippen LogP contribution is 2.42. The molecule has 24 nitrogen and oxygen atoms in total. The Morgan fingerprint density at radius 3 is 2.16 bits per heavy atom. The van der Waals surface area contributed by atoms with Crippen LogP contribution in [0.3, 0.4) is 0 Å². The fourth-order valence-electron chi connectivity index (χ4n) is 9.30. The van der Waals surface area contributed by atoms with Crippen molar-refractivity contribution in [2.24, 2.45) is 20.0 Å². The minimum Gasteiger partial charge on any atom is -0.493 e. The number of nitrogens with zero attached hydrogens (tertiary/aromatic N) is 4. The van der Waals surface area contributed by atoms with Crippen molar-refractivity contribution in [3.8, 4) is 22.6 Å². The minimum absolute atomic E-state index is 0.00265. The maximum Gasteiger partial charge on any atom is 0.416 e. The molecule has 4 heterocycles. The monoisotopic (exact) mass is 1140 g/mol. The molecular formula is C59H70N10O14. The van der Waals surface area contributed by atoms with Crippen LogP contribution >= 0.6 is 0 Å². The maximum absolute atomic E-state index is 14.2. The van der Waals surface area contributed by atoms with E-state index in [2.05, 4.69) is 45.1 Å². The average Bonchev–Trinajstić information content (AvgIpc) is 2.71. The van der Waals surface area contributed by atoms with E-state index in [1.54, 1.807) is 91.8 Å². The molecule has 4 atom stereocenters. The van der Waals surface area contributed by atoms with Crippen molar-refractivity contribution in [2.75, 3.05) is 60.9 Å². The van der Waals surface area contributed by atoms with Crippen LogP contribution in [0.2, 0.25) is 0 Å². The molecule has 83 heavy (non-hydrogen) atoms. The Labute approximate surface area is 479 Å². The summed E-state index contributed by atoms with van der Waals surface area (Å²) >= 11 is 0. The van der Waals surface area contributed by atoms with Crippen molar-refractivity contribution >= 4 is 70.4 Å². The smallest absolute Gasteiger partial charge is 0.416 e. The standard InChI is InChI=1S/C59H70N10O14/c1-9-23-82-58(78)65-51(34(2)3)55(75)61-36(5)52(72)63-40-17-13-37(14-18-40)33-83-59(79)69-44-29-49(48(80-8)28-43(44)56(76)68-30-35(4)25-47(68)57(69)77)81-24-10-12-50(71)62-42-27-46(67(7)32-42)54(74)64-41-19-15-38(16-20-41)39-26-45(66(6)31-39)53(73)60-21-11-22-70/h9,13-20,26-29,31-32,34,36,47,51,57,70,77H,1,4,10-12,21-25,30,33H2,2-3,5-8H3,(H,60,73)(H,61,75)(H,62,71)(H,63,72)(H,64,74)(H,65,78)/t36-,47-,51-,57-/m0/s1. The molecule has 7 rings (SSSR count). The molecule has 3 aromatic carbocycles. The Balaban J connectivity index is 0.937. The second-order valence-electron chi connectivity index (χ2n) is 20.3. The average molecular weight is 1140 g/mol. The molecule has 1 saturated heterocycles. The fraction of sp³-hybridized carbons (Fsp3) is 0.356. The van der Waals surface area contributed by atoms with E-state index in [0.717, 1.165) is 16.0 Å². The molecule has 0 saturated carbocycles. The third kappa shape index (κ3) is 15.3. The minimum atomic E-state index is -1.58. The van der Waals surface area contributed by atoms with Crippen molar-refractivity contribution in [2.45, 2.75) is 77.4 Å². The molecule has 0 radical (unpaired) electrons. The molecular weight excluding hydrogens is 1070 g/mol. The molecule has 8 N–H and O–H groups in total. The molecule has 0 aliphatic carbocycles. The number of carbonyl (C=O) groups is 8. The Hall–Kier alpha value is -9.42.